The van der Waals surface area contributed by atoms with Gasteiger partial charge in [0.15, 0.2) is 0 Å². The molecule has 0 aromatic carbocycles. The van der Waals surface area contributed by atoms with Gasteiger partial charge in [-0.3, -0.25) is 0 Å². The smallest absolute Gasteiger partial charge is 0.140 e. The number of hydrogen-bond acceptors (Lipinski definition) is 0. The zero-order valence-corrected chi connectivity index (χ0v) is 8.34. The van der Waals surface area contributed by atoms with Crippen LogP contribution in [0.1, 0.15) is 20.3 Å². The van der Waals surface area contributed by atoms with Gasteiger partial charge in [0.05, 0.1) is 0 Å². The van der Waals surface area contributed by atoms with Gasteiger partial charge in [-0.1, -0.05) is 26.0 Å². The van der Waals surface area contributed by atoms with Crippen LogP contribution in [0.25, 0.3) is 0 Å². The standard InChI is InChI=1S/C6H12Cl2Si/c1-4-6(3)9(7,8)5-2/h5-6H,2,4H2,1,3H3. The molecule has 0 fully saturated rings. The maximum absolute atomic E-state index is 5.96. The largest absolute Gasteiger partial charge is 0.276 e. The lowest BCUT2D eigenvalue weighted by Crippen LogP contribution is -2.21. The molecule has 0 nitrogen and oxygen atoms in total. The van der Waals surface area contributed by atoms with E-state index in [0.717, 1.165) is 6.42 Å². The van der Waals surface area contributed by atoms with E-state index < -0.39 is 6.69 Å². The van der Waals surface area contributed by atoms with E-state index in [9.17, 15) is 0 Å². The van der Waals surface area contributed by atoms with Gasteiger partial charge in [0, 0.05) is 0 Å². The second kappa shape index (κ2) is 3.64. The first-order valence-corrected chi connectivity index (χ1v) is 7.23. The number of halogens is 2. The summed E-state index contributed by atoms with van der Waals surface area (Å²) in [5, 5.41) is 0. The summed E-state index contributed by atoms with van der Waals surface area (Å²) in [4.78, 5) is 0. The van der Waals surface area contributed by atoms with Crippen molar-refractivity contribution in [1.29, 1.82) is 0 Å². The lowest BCUT2D eigenvalue weighted by molar-refractivity contribution is 0.866. The van der Waals surface area contributed by atoms with Gasteiger partial charge in [-0.2, -0.15) is 0 Å². The highest BCUT2D eigenvalue weighted by Crippen LogP contribution is 2.32. The van der Waals surface area contributed by atoms with E-state index >= 15 is 0 Å². The van der Waals surface area contributed by atoms with Crippen molar-refractivity contribution in [2.24, 2.45) is 0 Å². The Morgan fingerprint density at radius 1 is 1.67 bits per heavy atom. The van der Waals surface area contributed by atoms with Crippen LogP contribution in [0.3, 0.4) is 0 Å². The number of rotatable bonds is 3. The minimum Gasteiger partial charge on any atom is -0.140 e. The van der Waals surface area contributed by atoms with Crippen molar-refractivity contribution in [2.75, 3.05) is 0 Å². The van der Waals surface area contributed by atoms with Crippen LogP contribution in [0, 0.1) is 0 Å². The molecule has 9 heavy (non-hydrogen) atoms. The van der Waals surface area contributed by atoms with E-state index in [1.54, 1.807) is 5.70 Å². The molecule has 1 unspecified atom stereocenters. The Labute approximate surface area is 67.3 Å². The molecule has 0 aromatic rings. The van der Waals surface area contributed by atoms with Gasteiger partial charge >= 0.3 is 0 Å². The number of hydrogen-bond donors (Lipinski definition) is 0. The van der Waals surface area contributed by atoms with Crippen molar-refractivity contribution in [3.8, 4) is 0 Å². The molecule has 0 bridgehead atoms. The third kappa shape index (κ3) is 2.74. The Balaban J connectivity index is 3.95. The summed E-state index contributed by atoms with van der Waals surface area (Å²) in [5.41, 5.74) is 2.13. The van der Waals surface area contributed by atoms with Crippen LogP contribution in [0.15, 0.2) is 12.3 Å². The fourth-order valence-corrected chi connectivity index (χ4v) is 2.35. The third-order valence-corrected chi connectivity index (χ3v) is 6.97. The van der Waals surface area contributed by atoms with Gasteiger partial charge in [0.1, 0.15) is 0 Å². The Hall–Kier alpha value is 0.537. The maximum Gasteiger partial charge on any atom is 0.276 e. The van der Waals surface area contributed by atoms with Crippen molar-refractivity contribution in [3.05, 3.63) is 12.3 Å². The van der Waals surface area contributed by atoms with Gasteiger partial charge in [-0.05, 0) is 5.54 Å². The van der Waals surface area contributed by atoms with Crippen LogP contribution in [0.4, 0.5) is 0 Å². The first kappa shape index (κ1) is 9.54. The van der Waals surface area contributed by atoms with E-state index in [2.05, 4.69) is 20.4 Å². The van der Waals surface area contributed by atoms with Crippen molar-refractivity contribution >= 4 is 28.9 Å². The summed E-state index contributed by atoms with van der Waals surface area (Å²) in [6.45, 7) is 5.67. The summed E-state index contributed by atoms with van der Waals surface area (Å²) in [6, 6.07) is 0. The molecular formula is C6H12Cl2Si. The van der Waals surface area contributed by atoms with Crippen LogP contribution in [-0.4, -0.2) is 6.69 Å². The molecule has 0 aromatic heterocycles. The van der Waals surface area contributed by atoms with Crippen LogP contribution in [0.2, 0.25) is 5.54 Å². The van der Waals surface area contributed by atoms with Crippen LogP contribution >= 0.6 is 22.2 Å². The van der Waals surface area contributed by atoms with Crippen molar-refractivity contribution in [3.63, 3.8) is 0 Å². The van der Waals surface area contributed by atoms with Gasteiger partial charge in [0.25, 0.3) is 6.69 Å². The minimum atomic E-state index is -2.07. The summed E-state index contributed by atoms with van der Waals surface area (Å²) in [5.74, 6) is 0. The molecule has 0 radical (unpaired) electrons. The first-order valence-electron chi connectivity index (χ1n) is 3.06. The van der Waals surface area contributed by atoms with Crippen molar-refractivity contribution in [2.45, 2.75) is 25.8 Å². The molecule has 0 saturated heterocycles. The van der Waals surface area contributed by atoms with Crippen molar-refractivity contribution in [1.82, 2.24) is 0 Å². The van der Waals surface area contributed by atoms with Gasteiger partial charge in [-0.25, -0.2) is 0 Å². The first-order chi connectivity index (χ1) is 4.04. The molecule has 3 heteroatoms. The molecule has 1 atom stereocenters. The normalized spacial score (nSPS) is 15.1. The Bertz CT molecular complexity index is 101. The lowest BCUT2D eigenvalue weighted by Gasteiger charge is -2.17. The van der Waals surface area contributed by atoms with Gasteiger partial charge in [0.2, 0.25) is 0 Å². The topological polar surface area (TPSA) is 0 Å². The van der Waals surface area contributed by atoms with Crippen LogP contribution in [-0.2, 0) is 0 Å². The monoisotopic (exact) mass is 182 g/mol. The van der Waals surface area contributed by atoms with Crippen molar-refractivity contribution < 1.29 is 0 Å². The van der Waals surface area contributed by atoms with Crippen LogP contribution in [0.5, 0.6) is 0 Å². The van der Waals surface area contributed by atoms with E-state index in [1.165, 1.54) is 0 Å². The maximum atomic E-state index is 5.96. The van der Waals surface area contributed by atoms with E-state index in [1.807, 2.05) is 0 Å². The minimum absolute atomic E-state index is 0.415. The molecule has 0 N–H and O–H groups in total. The average Bonchev–Trinajstić information content (AvgIpc) is 1.86. The Morgan fingerprint density at radius 2 is 2.11 bits per heavy atom. The SMILES string of the molecule is C=C[Si](Cl)(Cl)C(C)CC. The van der Waals surface area contributed by atoms with E-state index in [4.69, 9.17) is 22.2 Å². The van der Waals surface area contributed by atoms with Gasteiger partial charge < -0.3 is 0 Å². The molecule has 0 aliphatic carbocycles. The summed E-state index contributed by atoms with van der Waals surface area (Å²) in [7, 11) is 0. The molecular weight excluding hydrogens is 171 g/mol. The molecule has 0 amide bonds. The highest BCUT2D eigenvalue weighted by Gasteiger charge is 2.30. The predicted molar refractivity (Wildman–Crippen MR) is 47.4 cm³/mol. The summed E-state index contributed by atoms with van der Waals surface area (Å²) in [6.07, 6.45) is 1.03. The zero-order chi connectivity index (χ0) is 7.49. The zero-order valence-electron chi connectivity index (χ0n) is 5.82. The molecule has 0 heterocycles. The quantitative estimate of drug-likeness (QED) is 0.464. The van der Waals surface area contributed by atoms with Gasteiger partial charge in [-0.15, -0.1) is 28.7 Å². The Morgan fingerprint density at radius 3 is 2.22 bits per heavy atom. The average molecular weight is 183 g/mol. The molecule has 0 rings (SSSR count). The second-order valence-corrected chi connectivity index (χ2v) is 9.26. The van der Waals surface area contributed by atoms with Crippen LogP contribution < -0.4 is 0 Å². The third-order valence-electron chi connectivity index (χ3n) is 1.54. The highest BCUT2D eigenvalue weighted by atomic mass is 35.7. The van der Waals surface area contributed by atoms with E-state index in [0.29, 0.717) is 5.54 Å². The summed E-state index contributed by atoms with van der Waals surface area (Å²) < 4.78 is 0. The molecule has 0 aliphatic heterocycles. The fraction of sp³-hybridized carbons (Fsp3) is 0.667. The molecule has 0 aliphatic rings. The highest BCUT2D eigenvalue weighted by molar-refractivity contribution is 7.48. The second-order valence-electron chi connectivity index (χ2n) is 2.19. The fourth-order valence-electron chi connectivity index (χ4n) is 0.473. The lowest BCUT2D eigenvalue weighted by atomic mass is 10.4. The molecule has 0 spiro atoms. The predicted octanol–water partition coefficient (Wildman–Crippen LogP) is 3.43. The van der Waals surface area contributed by atoms with E-state index in [-0.39, 0.29) is 0 Å². The molecule has 54 valence electrons. The molecule has 0 saturated carbocycles. The Kier molecular flexibility index (Phi) is 3.86. The summed E-state index contributed by atoms with van der Waals surface area (Å²) >= 11 is 11.9.